The first-order valence-corrected chi connectivity index (χ1v) is 7.80. The number of hydrogen-bond acceptors (Lipinski definition) is 7. The van der Waals surface area contributed by atoms with E-state index < -0.39 is 43.0 Å². The zero-order chi connectivity index (χ0) is 15.7. The first kappa shape index (κ1) is 15.6. The largest absolute Gasteiger partial charge is 0.863 e. The molecule has 0 aromatic heterocycles. The Balaban J connectivity index is 3.41. The van der Waals surface area contributed by atoms with E-state index >= 15 is 0 Å². The number of nitro groups is 2. The third-order valence-corrected chi connectivity index (χ3v) is 2.51. The van der Waals surface area contributed by atoms with Gasteiger partial charge in [-0.3, -0.25) is 20.2 Å². The molecule has 0 fully saturated rings. The summed E-state index contributed by atoms with van der Waals surface area (Å²) < 4.78 is 4.89. The highest BCUT2D eigenvalue weighted by atomic mass is 32.3. The van der Waals surface area contributed by atoms with E-state index in [4.69, 9.17) is 4.28 Å². The van der Waals surface area contributed by atoms with Crippen LogP contribution < -0.4 is 5.11 Å². The van der Waals surface area contributed by atoms with Crippen LogP contribution in [0.5, 0.6) is 5.75 Å². The molecule has 0 aliphatic rings. The van der Waals surface area contributed by atoms with Gasteiger partial charge in [0.05, 0.1) is 32.6 Å². The second kappa shape index (κ2) is 5.28. The van der Waals surface area contributed by atoms with Crippen LogP contribution in [-0.2, 0) is 4.28 Å². The number of non-ortho nitro benzene ring substituents is 1. The lowest BCUT2D eigenvalue weighted by Gasteiger charge is -2.17. The van der Waals surface area contributed by atoms with Gasteiger partial charge in [0.2, 0.25) is 0 Å². The van der Waals surface area contributed by atoms with E-state index in [1.54, 1.807) is 18.8 Å². The van der Waals surface area contributed by atoms with E-state index in [1.165, 1.54) is 0 Å². The van der Waals surface area contributed by atoms with Gasteiger partial charge < -0.3 is 5.11 Å². The smallest absolute Gasteiger partial charge is 0.323 e. The van der Waals surface area contributed by atoms with Crippen molar-refractivity contribution in [2.45, 2.75) is 0 Å². The van der Waals surface area contributed by atoms with Gasteiger partial charge in [0.15, 0.2) is 0 Å². The molecule has 1 rings (SSSR count). The van der Waals surface area contributed by atoms with Crippen LogP contribution in [0.4, 0.5) is 17.1 Å². The number of nitro benzene ring substituents is 2. The number of rotatable bonds is 5. The Bertz CT molecular complexity index is 596. The Morgan fingerprint density at radius 1 is 1.00 bits per heavy atom. The summed E-state index contributed by atoms with van der Waals surface area (Å²) in [7, 11) is -1.82. The maximum atomic E-state index is 11.7. The Hall–Kier alpha value is -2.43. The van der Waals surface area contributed by atoms with E-state index in [9.17, 15) is 30.2 Å². The second-order valence-corrected chi connectivity index (χ2v) is 7.98. The zero-order valence-electron chi connectivity index (χ0n) is 10.8. The fourth-order valence-electron chi connectivity index (χ4n) is 1.20. The van der Waals surface area contributed by atoms with E-state index in [-0.39, 0.29) is 4.92 Å². The van der Waals surface area contributed by atoms with Crippen LogP contribution in [0.25, 0.3) is 0 Å². The molecule has 1 aromatic rings. The molecule has 11 heteroatoms. The molecule has 0 aliphatic heterocycles. The minimum atomic E-state index is -1.82. The molecule has 0 saturated heterocycles. The van der Waals surface area contributed by atoms with Crippen LogP contribution in [-0.4, -0.2) is 33.5 Å². The van der Waals surface area contributed by atoms with Crippen LogP contribution in [0, 0.1) is 25.1 Å². The predicted molar refractivity (Wildman–Crippen MR) is 68.9 cm³/mol. The van der Waals surface area contributed by atoms with E-state index in [0.717, 1.165) is 0 Å². The van der Waals surface area contributed by atoms with Crippen LogP contribution in [0.2, 0.25) is 0 Å². The van der Waals surface area contributed by atoms with Gasteiger partial charge in [-0.1, -0.05) is 0 Å². The highest BCUT2D eigenvalue weighted by molar-refractivity contribution is 8.28. The molecular weight excluding hydrogens is 294 g/mol. The highest BCUT2D eigenvalue weighted by Gasteiger charge is 2.31. The van der Waals surface area contributed by atoms with Crippen molar-refractivity contribution in [1.29, 1.82) is 0 Å². The number of hydrogen-bond donors (Lipinski definition) is 0. The standard InChI is InChI=1S/C9H11N3O7S/c1-20(2,3)19-12(18)8-5-6(10(14)15)4-7(9(8)13)11(16)17/h4-5H,1-3H3. The van der Waals surface area contributed by atoms with Crippen molar-refractivity contribution in [2.75, 3.05) is 18.8 Å². The molecule has 0 spiro atoms. The normalized spacial score (nSPS) is 11.8. The summed E-state index contributed by atoms with van der Waals surface area (Å²) in [4.78, 5) is 30.8. The maximum Gasteiger partial charge on any atom is 0.323 e. The third kappa shape index (κ3) is 3.54. The summed E-state index contributed by atoms with van der Waals surface area (Å²) in [6.45, 7) is 0. The quantitative estimate of drug-likeness (QED) is 0.593. The predicted octanol–water partition coefficient (Wildman–Crippen LogP) is 1.53. The number of nitrogens with zero attached hydrogens (tertiary/aromatic N) is 3. The molecule has 10 nitrogen and oxygen atoms in total. The van der Waals surface area contributed by atoms with Crippen molar-refractivity contribution < 1.29 is 24.2 Å². The Kier molecular flexibility index (Phi) is 4.13. The third-order valence-electron chi connectivity index (χ3n) is 1.93. The Labute approximate surface area is 114 Å². The summed E-state index contributed by atoms with van der Waals surface area (Å²) in [5.41, 5.74) is -2.59. The van der Waals surface area contributed by atoms with Crippen molar-refractivity contribution >= 4 is 27.4 Å². The van der Waals surface area contributed by atoms with E-state index in [2.05, 4.69) is 0 Å². The maximum absolute atomic E-state index is 11.7. The SMILES string of the molecule is CS(C)(C)O[N+](=O)c1cc([N+](=O)[O-])cc([N+](=O)[O-])c1[O-]. The molecule has 0 amide bonds. The first-order valence-electron chi connectivity index (χ1n) is 5.02. The van der Waals surface area contributed by atoms with Crippen LogP contribution in [0.15, 0.2) is 12.1 Å². The van der Waals surface area contributed by atoms with Crippen molar-refractivity contribution in [3.8, 4) is 5.75 Å². The first-order chi connectivity index (χ1) is 9.03. The van der Waals surface area contributed by atoms with Gasteiger partial charge in [0.1, 0.15) is 0 Å². The molecule has 0 N–H and O–H groups in total. The molecule has 0 aliphatic carbocycles. The molecule has 0 unspecified atom stereocenters. The summed E-state index contributed by atoms with van der Waals surface area (Å²) in [5, 5.41) is 33.1. The van der Waals surface area contributed by atoms with Gasteiger partial charge in [-0.05, 0) is 10.3 Å². The molecule has 0 saturated carbocycles. The summed E-state index contributed by atoms with van der Waals surface area (Å²) in [5.74, 6) is -1.24. The molecule has 110 valence electrons. The van der Waals surface area contributed by atoms with Gasteiger partial charge in [-0.2, -0.15) is 4.28 Å². The molecule has 0 bridgehead atoms. The van der Waals surface area contributed by atoms with Gasteiger partial charge >= 0.3 is 5.69 Å². The van der Waals surface area contributed by atoms with E-state index in [1.807, 2.05) is 0 Å². The van der Waals surface area contributed by atoms with Gasteiger partial charge in [0, 0.05) is 18.8 Å². The summed E-state index contributed by atoms with van der Waals surface area (Å²) in [6.07, 6.45) is 4.77. The lowest BCUT2D eigenvalue weighted by molar-refractivity contribution is -0.698. The number of benzene rings is 1. The Morgan fingerprint density at radius 3 is 1.90 bits per heavy atom. The average molecular weight is 305 g/mol. The van der Waals surface area contributed by atoms with Crippen LogP contribution in [0.3, 0.4) is 0 Å². The fraction of sp³-hybridized carbons (Fsp3) is 0.333. The highest BCUT2D eigenvalue weighted by Crippen LogP contribution is 2.42. The molecule has 20 heavy (non-hydrogen) atoms. The zero-order valence-corrected chi connectivity index (χ0v) is 11.6. The van der Waals surface area contributed by atoms with Gasteiger partial charge in [-0.25, -0.2) is 0 Å². The van der Waals surface area contributed by atoms with Gasteiger partial charge in [-0.15, -0.1) is 0 Å². The lowest BCUT2D eigenvalue weighted by atomic mass is 10.2. The summed E-state index contributed by atoms with van der Waals surface area (Å²) in [6, 6.07) is 1.15. The van der Waals surface area contributed by atoms with Crippen molar-refractivity contribution in [3.05, 3.63) is 37.3 Å². The second-order valence-electron chi connectivity index (χ2n) is 4.38. The minimum absolute atomic E-state index is 0.211. The lowest BCUT2D eigenvalue weighted by Crippen LogP contribution is -2.10. The van der Waals surface area contributed by atoms with Crippen LogP contribution in [0.1, 0.15) is 0 Å². The van der Waals surface area contributed by atoms with Crippen molar-refractivity contribution in [3.63, 3.8) is 0 Å². The van der Waals surface area contributed by atoms with Gasteiger partial charge in [0.25, 0.3) is 16.3 Å². The molecular formula is C9H11N3O7S. The van der Waals surface area contributed by atoms with Crippen LogP contribution >= 0.6 is 10.3 Å². The summed E-state index contributed by atoms with van der Waals surface area (Å²) >= 11 is 0. The minimum Gasteiger partial charge on any atom is -0.863 e. The average Bonchev–Trinajstić information content (AvgIpc) is 2.25. The molecule has 0 atom stereocenters. The molecule has 0 radical (unpaired) electrons. The van der Waals surface area contributed by atoms with Crippen molar-refractivity contribution in [1.82, 2.24) is 0 Å². The molecule has 1 aromatic carbocycles. The monoisotopic (exact) mass is 305 g/mol. The Morgan fingerprint density at radius 2 is 1.50 bits per heavy atom. The van der Waals surface area contributed by atoms with E-state index in [0.29, 0.717) is 12.1 Å². The van der Waals surface area contributed by atoms with Crippen molar-refractivity contribution in [2.24, 2.45) is 0 Å². The topological polar surface area (TPSA) is 139 Å². The molecule has 0 heterocycles. The fourth-order valence-corrected chi connectivity index (χ4v) is 1.69.